The summed E-state index contributed by atoms with van der Waals surface area (Å²) in [5.41, 5.74) is -1.61. The molecular weight excluding hydrogens is 210 g/mol. The molecule has 14 heavy (non-hydrogen) atoms. The number of rotatable bonds is 4. The number of hydrogen-bond acceptors (Lipinski definition) is 5. The SMILES string of the molecule is CC(C)(O)C(CC(=O)[O-])C(=O)[O-].[Na+].[Na+]. The van der Waals surface area contributed by atoms with Crippen molar-refractivity contribution in [3.63, 3.8) is 0 Å². The Kier molecular flexibility index (Phi) is 11.8. The third kappa shape index (κ3) is 8.23. The van der Waals surface area contributed by atoms with E-state index in [-0.39, 0.29) is 59.1 Å². The van der Waals surface area contributed by atoms with Crippen molar-refractivity contribution in [1.29, 1.82) is 0 Å². The van der Waals surface area contributed by atoms with Crippen molar-refractivity contribution >= 4 is 11.9 Å². The summed E-state index contributed by atoms with van der Waals surface area (Å²) in [6.45, 7) is 2.41. The fourth-order valence-electron chi connectivity index (χ4n) is 0.788. The van der Waals surface area contributed by atoms with Crippen LogP contribution in [0.3, 0.4) is 0 Å². The van der Waals surface area contributed by atoms with Crippen LogP contribution in [0.2, 0.25) is 0 Å². The van der Waals surface area contributed by atoms with Crippen LogP contribution in [0.15, 0.2) is 0 Å². The number of carbonyl (C=O) groups excluding carboxylic acids is 2. The monoisotopic (exact) mass is 220 g/mol. The van der Waals surface area contributed by atoms with Crippen molar-refractivity contribution in [2.75, 3.05) is 0 Å². The summed E-state index contributed by atoms with van der Waals surface area (Å²) in [5, 5.41) is 29.6. The van der Waals surface area contributed by atoms with E-state index < -0.39 is 29.9 Å². The van der Waals surface area contributed by atoms with E-state index >= 15 is 0 Å². The zero-order chi connectivity index (χ0) is 9.94. The van der Waals surface area contributed by atoms with Crippen molar-refractivity contribution in [1.82, 2.24) is 0 Å². The first-order valence-electron chi connectivity index (χ1n) is 3.38. The van der Waals surface area contributed by atoms with Gasteiger partial charge in [0.15, 0.2) is 0 Å². The van der Waals surface area contributed by atoms with Gasteiger partial charge in [0.1, 0.15) is 0 Å². The molecule has 0 saturated carbocycles. The zero-order valence-electron chi connectivity index (χ0n) is 8.86. The first kappa shape index (κ1) is 20.3. The van der Waals surface area contributed by atoms with Gasteiger partial charge in [0.25, 0.3) is 0 Å². The van der Waals surface area contributed by atoms with Crippen LogP contribution >= 0.6 is 0 Å². The summed E-state index contributed by atoms with van der Waals surface area (Å²) >= 11 is 0. The number of hydrogen-bond donors (Lipinski definition) is 1. The maximum absolute atomic E-state index is 10.3. The van der Waals surface area contributed by atoms with E-state index in [1.807, 2.05) is 0 Å². The van der Waals surface area contributed by atoms with Gasteiger partial charge in [0.2, 0.25) is 0 Å². The van der Waals surface area contributed by atoms with Crippen LogP contribution in [0, 0.1) is 5.92 Å². The molecule has 0 fully saturated rings. The normalized spacial score (nSPS) is 11.9. The van der Waals surface area contributed by atoms with E-state index in [1.165, 1.54) is 13.8 Å². The van der Waals surface area contributed by atoms with Crippen LogP contribution in [0.1, 0.15) is 20.3 Å². The van der Waals surface area contributed by atoms with E-state index in [2.05, 4.69) is 0 Å². The van der Waals surface area contributed by atoms with Gasteiger partial charge in [-0.2, -0.15) is 0 Å². The maximum Gasteiger partial charge on any atom is 1.00 e. The summed E-state index contributed by atoms with van der Waals surface area (Å²) in [6, 6.07) is 0. The van der Waals surface area contributed by atoms with E-state index in [0.29, 0.717) is 0 Å². The number of carboxylic acids is 2. The van der Waals surface area contributed by atoms with Gasteiger partial charge in [-0.3, -0.25) is 0 Å². The molecule has 0 heterocycles. The number of carboxylic acid groups (broad SMARTS) is 2. The predicted molar refractivity (Wildman–Crippen MR) is 34.4 cm³/mol. The van der Waals surface area contributed by atoms with Crippen LogP contribution in [0.25, 0.3) is 0 Å². The molecule has 0 aromatic rings. The van der Waals surface area contributed by atoms with E-state index in [4.69, 9.17) is 0 Å². The molecule has 0 aromatic heterocycles. The number of aliphatic carboxylic acids is 2. The Hall–Kier alpha value is 0.900. The molecule has 0 saturated heterocycles. The molecule has 70 valence electrons. The number of aliphatic hydroxyl groups is 1. The third-order valence-corrected chi connectivity index (χ3v) is 1.51. The molecule has 0 aliphatic heterocycles. The van der Waals surface area contributed by atoms with E-state index in [0.717, 1.165) is 0 Å². The van der Waals surface area contributed by atoms with Crippen LogP contribution < -0.4 is 69.3 Å². The van der Waals surface area contributed by atoms with Crippen molar-refractivity contribution < 1.29 is 84.0 Å². The van der Waals surface area contributed by atoms with Crippen LogP contribution in [-0.2, 0) is 9.59 Å². The minimum Gasteiger partial charge on any atom is -0.550 e. The van der Waals surface area contributed by atoms with Crippen molar-refractivity contribution in [3.8, 4) is 0 Å². The summed E-state index contributed by atoms with van der Waals surface area (Å²) in [5.74, 6) is -4.56. The standard InChI is InChI=1S/C7H12O5.2Na/c1-7(2,12)4(6(10)11)3-5(8)9;;/h4,12H,3H2,1-2H3,(H,8,9)(H,10,11);;/q;2*+1/p-2. The van der Waals surface area contributed by atoms with Crippen molar-refractivity contribution in [2.45, 2.75) is 25.9 Å². The second-order valence-corrected chi connectivity index (χ2v) is 3.10. The third-order valence-electron chi connectivity index (χ3n) is 1.51. The molecule has 0 aliphatic rings. The molecule has 0 amide bonds. The molecule has 1 N–H and O–H groups in total. The van der Waals surface area contributed by atoms with E-state index in [1.54, 1.807) is 0 Å². The Labute approximate surface area is 126 Å². The Morgan fingerprint density at radius 2 is 1.64 bits per heavy atom. The van der Waals surface area contributed by atoms with Gasteiger partial charge in [0, 0.05) is 17.9 Å². The van der Waals surface area contributed by atoms with Crippen molar-refractivity contribution in [3.05, 3.63) is 0 Å². The van der Waals surface area contributed by atoms with Gasteiger partial charge in [0.05, 0.1) is 5.60 Å². The molecule has 0 radical (unpaired) electrons. The molecule has 1 unspecified atom stereocenters. The Bertz CT molecular complexity index is 199. The number of carbonyl (C=O) groups is 2. The molecule has 0 aliphatic carbocycles. The fraction of sp³-hybridized carbons (Fsp3) is 0.714. The summed E-state index contributed by atoms with van der Waals surface area (Å²) in [7, 11) is 0. The zero-order valence-corrected chi connectivity index (χ0v) is 12.9. The second kappa shape index (κ2) is 8.10. The first-order chi connectivity index (χ1) is 5.25. The second-order valence-electron chi connectivity index (χ2n) is 3.10. The molecule has 0 bridgehead atoms. The molecule has 5 nitrogen and oxygen atoms in total. The Morgan fingerprint density at radius 1 is 1.29 bits per heavy atom. The van der Waals surface area contributed by atoms with Crippen molar-refractivity contribution in [2.24, 2.45) is 5.92 Å². The average molecular weight is 220 g/mol. The van der Waals surface area contributed by atoms with Crippen LogP contribution in [0.5, 0.6) is 0 Å². The van der Waals surface area contributed by atoms with Gasteiger partial charge in [-0.1, -0.05) is 0 Å². The molecule has 0 spiro atoms. The largest absolute Gasteiger partial charge is 1.00 e. The molecular formula is C7H10Na2O5. The van der Waals surface area contributed by atoms with Gasteiger partial charge in [-0.05, 0) is 20.3 Å². The maximum atomic E-state index is 10.3. The Morgan fingerprint density at radius 3 is 1.71 bits per heavy atom. The topological polar surface area (TPSA) is 100 Å². The minimum absolute atomic E-state index is 0. The van der Waals surface area contributed by atoms with Gasteiger partial charge in [-0.15, -0.1) is 0 Å². The predicted octanol–water partition coefficient (Wildman–Crippen LogP) is -8.73. The van der Waals surface area contributed by atoms with Gasteiger partial charge >= 0.3 is 59.1 Å². The van der Waals surface area contributed by atoms with E-state index in [9.17, 15) is 24.9 Å². The minimum atomic E-state index is -1.61. The molecule has 0 aromatic carbocycles. The van der Waals surface area contributed by atoms with Crippen LogP contribution in [0.4, 0.5) is 0 Å². The smallest absolute Gasteiger partial charge is 0.550 e. The van der Waals surface area contributed by atoms with Gasteiger partial charge < -0.3 is 24.9 Å². The summed E-state index contributed by atoms with van der Waals surface area (Å²) < 4.78 is 0. The Balaban J connectivity index is -0.000000605. The molecule has 0 rings (SSSR count). The fourth-order valence-corrected chi connectivity index (χ4v) is 0.788. The van der Waals surface area contributed by atoms with Crippen LogP contribution in [-0.4, -0.2) is 22.6 Å². The van der Waals surface area contributed by atoms with Gasteiger partial charge in [-0.25, -0.2) is 0 Å². The average Bonchev–Trinajstić information content (AvgIpc) is 1.79. The first-order valence-corrected chi connectivity index (χ1v) is 3.38. The summed E-state index contributed by atoms with van der Waals surface area (Å²) in [4.78, 5) is 20.4. The quantitative estimate of drug-likeness (QED) is 0.474. The molecule has 7 heteroatoms. The summed E-state index contributed by atoms with van der Waals surface area (Å²) in [6.07, 6.45) is -0.744. The molecule has 1 atom stereocenters.